The molecule has 0 N–H and O–H groups in total. The van der Waals surface area contributed by atoms with Crippen LogP contribution in [0, 0.1) is 24.6 Å². The average Bonchev–Trinajstić information content (AvgIpc) is 2.33. The van der Waals surface area contributed by atoms with E-state index in [9.17, 15) is 4.39 Å². The molecule has 0 bridgehead atoms. The van der Waals surface area contributed by atoms with E-state index >= 15 is 0 Å². The fourth-order valence-electron chi connectivity index (χ4n) is 1.38. The summed E-state index contributed by atoms with van der Waals surface area (Å²) in [4.78, 5) is 0. The molecule has 0 amide bonds. The van der Waals surface area contributed by atoms with Gasteiger partial charge in [0, 0.05) is 5.56 Å². The standard InChI is InChI=1S/C15H10ClF/c1-11-5-7-12(8-6-11)9-10-13-3-2-4-14(16)15(13)17/h2-8H,1H3. The summed E-state index contributed by atoms with van der Waals surface area (Å²) in [7, 11) is 0. The highest BCUT2D eigenvalue weighted by Gasteiger charge is 2.02. The van der Waals surface area contributed by atoms with Crippen molar-refractivity contribution in [2.24, 2.45) is 0 Å². The van der Waals surface area contributed by atoms with E-state index < -0.39 is 5.82 Å². The molecular formula is C15H10ClF. The molecule has 2 aromatic carbocycles. The third-order valence-electron chi connectivity index (χ3n) is 2.34. The lowest BCUT2D eigenvalue weighted by atomic mass is 10.1. The Morgan fingerprint density at radius 2 is 1.71 bits per heavy atom. The lowest BCUT2D eigenvalue weighted by Gasteiger charge is -1.96. The van der Waals surface area contributed by atoms with Crippen LogP contribution in [0.5, 0.6) is 0 Å². The summed E-state index contributed by atoms with van der Waals surface area (Å²) in [5, 5.41) is 0.0979. The summed E-state index contributed by atoms with van der Waals surface area (Å²) >= 11 is 5.67. The molecule has 0 saturated carbocycles. The summed E-state index contributed by atoms with van der Waals surface area (Å²) in [5.41, 5.74) is 2.34. The van der Waals surface area contributed by atoms with Crippen molar-refractivity contribution in [3.63, 3.8) is 0 Å². The summed E-state index contributed by atoms with van der Waals surface area (Å²) in [6, 6.07) is 12.6. The van der Waals surface area contributed by atoms with Crippen LogP contribution in [0.15, 0.2) is 42.5 Å². The highest BCUT2D eigenvalue weighted by Crippen LogP contribution is 2.16. The smallest absolute Gasteiger partial charge is 0.157 e. The zero-order valence-corrected chi connectivity index (χ0v) is 10.1. The van der Waals surface area contributed by atoms with E-state index in [-0.39, 0.29) is 5.02 Å². The van der Waals surface area contributed by atoms with Gasteiger partial charge in [0.05, 0.1) is 10.6 Å². The first-order chi connectivity index (χ1) is 8.16. The molecule has 0 radical (unpaired) electrons. The number of aryl methyl sites for hydroxylation is 1. The van der Waals surface area contributed by atoms with E-state index in [4.69, 9.17) is 11.6 Å². The number of rotatable bonds is 0. The molecule has 0 aliphatic rings. The van der Waals surface area contributed by atoms with Gasteiger partial charge in [-0.2, -0.15) is 0 Å². The second-order valence-corrected chi connectivity index (χ2v) is 4.12. The average molecular weight is 245 g/mol. The molecule has 0 aromatic heterocycles. The first-order valence-corrected chi connectivity index (χ1v) is 5.57. The highest BCUT2D eigenvalue weighted by molar-refractivity contribution is 6.30. The summed E-state index contributed by atoms with van der Waals surface area (Å²) in [5.74, 6) is 5.22. The van der Waals surface area contributed by atoms with Crippen molar-refractivity contribution in [3.8, 4) is 11.8 Å². The number of halogens is 2. The molecule has 0 fully saturated rings. The number of hydrogen-bond acceptors (Lipinski definition) is 0. The van der Waals surface area contributed by atoms with Crippen LogP contribution >= 0.6 is 11.6 Å². The van der Waals surface area contributed by atoms with Gasteiger partial charge in [-0.25, -0.2) is 4.39 Å². The molecule has 0 heterocycles. The van der Waals surface area contributed by atoms with Crippen LogP contribution < -0.4 is 0 Å². The molecule has 0 atom stereocenters. The third kappa shape index (κ3) is 2.87. The van der Waals surface area contributed by atoms with Crippen molar-refractivity contribution in [2.75, 3.05) is 0 Å². The van der Waals surface area contributed by atoms with Crippen LogP contribution in [0.1, 0.15) is 16.7 Å². The van der Waals surface area contributed by atoms with Gasteiger partial charge in [0.15, 0.2) is 5.82 Å². The van der Waals surface area contributed by atoms with Crippen LogP contribution in [0.3, 0.4) is 0 Å². The van der Waals surface area contributed by atoms with Crippen LogP contribution in [0.4, 0.5) is 4.39 Å². The highest BCUT2D eigenvalue weighted by atomic mass is 35.5. The molecule has 0 unspecified atom stereocenters. The zero-order valence-electron chi connectivity index (χ0n) is 9.30. The minimum Gasteiger partial charge on any atom is -0.204 e. The molecule has 0 saturated heterocycles. The second kappa shape index (κ2) is 5.03. The Morgan fingerprint density at radius 3 is 2.41 bits per heavy atom. The Kier molecular flexibility index (Phi) is 3.46. The molecule has 0 aliphatic heterocycles. The van der Waals surface area contributed by atoms with Crippen molar-refractivity contribution < 1.29 is 4.39 Å². The van der Waals surface area contributed by atoms with Crippen molar-refractivity contribution in [1.29, 1.82) is 0 Å². The molecule has 84 valence electrons. The van der Waals surface area contributed by atoms with Crippen molar-refractivity contribution in [3.05, 3.63) is 70.0 Å². The van der Waals surface area contributed by atoms with Gasteiger partial charge in [0.1, 0.15) is 0 Å². The Morgan fingerprint density at radius 1 is 1.00 bits per heavy atom. The minimum absolute atomic E-state index is 0.0979. The molecule has 17 heavy (non-hydrogen) atoms. The lowest BCUT2D eigenvalue weighted by molar-refractivity contribution is 0.625. The van der Waals surface area contributed by atoms with Gasteiger partial charge in [0.2, 0.25) is 0 Å². The van der Waals surface area contributed by atoms with Crippen molar-refractivity contribution >= 4 is 11.6 Å². The Labute approximate surface area is 105 Å². The number of hydrogen-bond donors (Lipinski definition) is 0. The normalized spacial score (nSPS) is 9.59. The summed E-state index contributed by atoms with van der Waals surface area (Å²) < 4.78 is 13.5. The van der Waals surface area contributed by atoms with Gasteiger partial charge in [0.25, 0.3) is 0 Å². The maximum absolute atomic E-state index is 13.5. The fourth-order valence-corrected chi connectivity index (χ4v) is 1.55. The van der Waals surface area contributed by atoms with Gasteiger partial charge in [-0.05, 0) is 31.2 Å². The predicted octanol–water partition coefficient (Wildman–Crippen LogP) is 4.19. The van der Waals surface area contributed by atoms with E-state index in [0.29, 0.717) is 5.56 Å². The zero-order chi connectivity index (χ0) is 12.3. The van der Waals surface area contributed by atoms with E-state index in [1.807, 2.05) is 31.2 Å². The van der Waals surface area contributed by atoms with Crippen LogP contribution in [-0.2, 0) is 0 Å². The molecule has 0 aliphatic carbocycles. The van der Waals surface area contributed by atoms with Crippen molar-refractivity contribution in [2.45, 2.75) is 6.92 Å². The van der Waals surface area contributed by atoms with E-state index in [2.05, 4.69) is 11.8 Å². The van der Waals surface area contributed by atoms with Gasteiger partial charge in [-0.1, -0.05) is 47.2 Å². The van der Waals surface area contributed by atoms with Gasteiger partial charge < -0.3 is 0 Å². The van der Waals surface area contributed by atoms with E-state index in [1.165, 1.54) is 11.6 Å². The number of benzene rings is 2. The summed E-state index contributed by atoms with van der Waals surface area (Å²) in [6.07, 6.45) is 0. The molecule has 2 rings (SSSR count). The molecule has 0 nitrogen and oxygen atoms in total. The Hall–Kier alpha value is -1.78. The van der Waals surface area contributed by atoms with Crippen molar-refractivity contribution in [1.82, 2.24) is 0 Å². The fraction of sp³-hybridized carbons (Fsp3) is 0.0667. The van der Waals surface area contributed by atoms with Crippen LogP contribution in [-0.4, -0.2) is 0 Å². The van der Waals surface area contributed by atoms with Gasteiger partial charge in [-0.15, -0.1) is 0 Å². The molecule has 0 spiro atoms. The van der Waals surface area contributed by atoms with Gasteiger partial charge >= 0.3 is 0 Å². The third-order valence-corrected chi connectivity index (χ3v) is 2.64. The Balaban J connectivity index is 2.33. The SMILES string of the molecule is Cc1ccc(C#Cc2cccc(Cl)c2F)cc1. The first kappa shape index (κ1) is 11.7. The van der Waals surface area contributed by atoms with E-state index in [0.717, 1.165) is 5.56 Å². The second-order valence-electron chi connectivity index (χ2n) is 3.72. The monoisotopic (exact) mass is 244 g/mol. The topological polar surface area (TPSA) is 0 Å². The van der Waals surface area contributed by atoms with Crippen LogP contribution in [0.2, 0.25) is 5.02 Å². The molecular weight excluding hydrogens is 235 g/mol. The maximum Gasteiger partial charge on any atom is 0.157 e. The largest absolute Gasteiger partial charge is 0.204 e. The Bertz CT molecular complexity index is 589. The quantitative estimate of drug-likeness (QED) is 0.610. The first-order valence-electron chi connectivity index (χ1n) is 5.19. The van der Waals surface area contributed by atoms with Crippen LogP contribution in [0.25, 0.3) is 0 Å². The lowest BCUT2D eigenvalue weighted by Crippen LogP contribution is -1.84. The minimum atomic E-state index is -0.464. The molecule has 2 heteroatoms. The summed E-state index contributed by atoms with van der Waals surface area (Å²) in [6.45, 7) is 2.01. The van der Waals surface area contributed by atoms with Gasteiger partial charge in [-0.3, -0.25) is 0 Å². The maximum atomic E-state index is 13.5. The van der Waals surface area contributed by atoms with E-state index in [1.54, 1.807) is 12.1 Å². The predicted molar refractivity (Wildman–Crippen MR) is 68.6 cm³/mol. The molecule has 2 aromatic rings.